The maximum Gasteiger partial charge on any atom is 0.162 e. The summed E-state index contributed by atoms with van der Waals surface area (Å²) in [6.07, 6.45) is 0. The van der Waals surface area contributed by atoms with Crippen LogP contribution in [0.1, 0.15) is 11.1 Å². The van der Waals surface area contributed by atoms with Crippen molar-refractivity contribution in [3.63, 3.8) is 0 Å². The van der Waals surface area contributed by atoms with Gasteiger partial charge in [-0.15, -0.1) is 0 Å². The van der Waals surface area contributed by atoms with Crippen molar-refractivity contribution < 1.29 is 14.2 Å². The molecule has 0 saturated heterocycles. The normalized spacial score (nSPS) is 10.3. The van der Waals surface area contributed by atoms with Crippen LogP contribution in [-0.4, -0.2) is 12.2 Å². The molecule has 0 radical (unpaired) electrons. The number of anilines is 1. The van der Waals surface area contributed by atoms with E-state index in [9.17, 15) is 9.50 Å². The summed E-state index contributed by atoms with van der Waals surface area (Å²) in [5.41, 5.74) is 1.97. The third-order valence-electron chi connectivity index (χ3n) is 3.04. The zero-order chi connectivity index (χ0) is 13.8. The molecule has 100 valence electrons. The molecule has 0 aromatic heterocycles. The van der Waals surface area contributed by atoms with Crippen molar-refractivity contribution in [3.8, 4) is 11.5 Å². The lowest BCUT2D eigenvalue weighted by atomic mass is 10.1. The minimum Gasteiger partial charge on any atom is -0.504 e. The van der Waals surface area contributed by atoms with E-state index in [1.807, 2.05) is 0 Å². The average molecular weight is 261 g/mol. The summed E-state index contributed by atoms with van der Waals surface area (Å²) in [6, 6.07) is 10.1. The van der Waals surface area contributed by atoms with Gasteiger partial charge in [0.25, 0.3) is 0 Å². The van der Waals surface area contributed by atoms with Crippen LogP contribution in [0.4, 0.5) is 10.1 Å². The highest BCUT2D eigenvalue weighted by Crippen LogP contribution is 2.30. The quantitative estimate of drug-likeness (QED) is 0.885. The number of benzene rings is 2. The highest BCUT2D eigenvalue weighted by Gasteiger charge is 2.08. The number of hydrogen-bond acceptors (Lipinski definition) is 3. The average Bonchev–Trinajstić information content (AvgIpc) is 2.42. The lowest BCUT2D eigenvalue weighted by molar-refractivity contribution is 0.371. The van der Waals surface area contributed by atoms with E-state index in [1.54, 1.807) is 37.3 Å². The molecule has 0 saturated carbocycles. The van der Waals surface area contributed by atoms with Gasteiger partial charge in [0.15, 0.2) is 11.5 Å². The van der Waals surface area contributed by atoms with Crippen molar-refractivity contribution in [2.24, 2.45) is 0 Å². The zero-order valence-corrected chi connectivity index (χ0v) is 10.9. The number of methoxy groups -OCH3 is 1. The summed E-state index contributed by atoms with van der Waals surface area (Å²) >= 11 is 0. The van der Waals surface area contributed by atoms with Gasteiger partial charge in [-0.2, -0.15) is 0 Å². The van der Waals surface area contributed by atoms with Crippen LogP contribution in [0.3, 0.4) is 0 Å². The van der Waals surface area contributed by atoms with Gasteiger partial charge in [-0.25, -0.2) is 4.39 Å². The van der Waals surface area contributed by atoms with Crippen LogP contribution in [0.5, 0.6) is 11.5 Å². The molecule has 0 fully saturated rings. The van der Waals surface area contributed by atoms with Crippen LogP contribution in [-0.2, 0) is 6.54 Å². The zero-order valence-electron chi connectivity index (χ0n) is 10.9. The Morgan fingerprint density at radius 1 is 1.21 bits per heavy atom. The summed E-state index contributed by atoms with van der Waals surface area (Å²) in [7, 11) is 1.50. The summed E-state index contributed by atoms with van der Waals surface area (Å²) in [5.74, 6) is 0.279. The molecule has 0 unspecified atom stereocenters. The Hall–Kier alpha value is -2.23. The Morgan fingerprint density at radius 2 is 1.95 bits per heavy atom. The second-order valence-electron chi connectivity index (χ2n) is 4.23. The molecule has 0 amide bonds. The molecule has 2 N–H and O–H groups in total. The second-order valence-corrected chi connectivity index (χ2v) is 4.23. The Labute approximate surface area is 111 Å². The topological polar surface area (TPSA) is 41.5 Å². The van der Waals surface area contributed by atoms with E-state index in [-0.39, 0.29) is 11.6 Å². The lowest BCUT2D eigenvalue weighted by Crippen LogP contribution is -2.02. The van der Waals surface area contributed by atoms with Gasteiger partial charge in [-0.3, -0.25) is 0 Å². The fourth-order valence-corrected chi connectivity index (χ4v) is 1.86. The first-order valence-electron chi connectivity index (χ1n) is 5.97. The summed E-state index contributed by atoms with van der Waals surface area (Å²) < 4.78 is 18.4. The van der Waals surface area contributed by atoms with Crippen molar-refractivity contribution in [1.29, 1.82) is 0 Å². The first kappa shape index (κ1) is 13.2. The van der Waals surface area contributed by atoms with Crippen LogP contribution in [0, 0.1) is 12.7 Å². The third-order valence-corrected chi connectivity index (χ3v) is 3.04. The number of aromatic hydroxyl groups is 1. The van der Waals surface area contributed by atoms with Crippen molar-refractivity contribution in [2.45, 2.75) is 13.5 Å². The summed E-state index contributed by atoms with van der Waals surface area (Å²) in [5, 5.41) is 13.1. The van der Waals surface area contributed by atoms with Gasteiger partial charge in [0.2, 0.25) is 0 Å². The molecule has 2 aromatic rings. The third kappa shape index (κ3) is 2.78. The van der Waals surface area contributed by atoms with Crippen LogP contribution >= 0.6 is 0 Å². The fourth-order valence-electron chi connectivity index (χ4n) is 1.86. The second kappa shape index (κ2) is 5.61. The van der Waals surface area contributed by atoms with E-state index in [0.717, 1.165) is 0 Å². The highest BCUT2D eigenvalue weighted by atomic mass is 19.1. The minimum atomic E-state index is -0.250. The van der Waals surface area contributed by atoms with E-state index in [4.69, 9.17) is 4.74 Å². The number of ether oxygens (including phenoxy) is 1. The number of phenolic OH excluding ortho intramolecular Hbond substituents is 1. The summed E-state index contributed by atoms with van der Waals surface area (Å²) in [4.78, 5) is 0. The Kier molecular flexibility index (Phi) is 3.90. The number of rotatable bonds is 4. The van der Waals surface area contributed by atoms with Crippen LogP contribution < -0.4 is 10.1 Å². The molecule has 0 aliphatic rings. The van der Waals surface area contributed by atoms with Gasteiger partial charge in [0.05, 0.1) is 7.11 Å². The van der Waals surface area contributed by atoms with Gasteiger partial charge < -0.3 is 15.2 Å². The van der Waals surface area contributed by atoms with Gasteiger partial charge in [0, 0.05) is 23.4 Å². The van der Waals surface area contributed by atoms with Gasteiger partial charge >= 0.3 is 0 Å². The molecule has 2 rings (SSSR count). The fraction of sp³-hybridized carbons (Fsp3) is 0.200. The van der Waals surface area contributed by atoms with Crippen LogP contribution in [0.15, 0.2) is 36.4 Å². The number of hydrogen-bond donors (Lipinski definition) is 2. The Balaban J connectivity index is 2.17. The lowest BCUT2D eigenvalue weighted by Gasteiger charge is -2.12. The largest absolute Gasteiger partial charge is 0.504 e. The van der Waals surface area contributed by atoms with E-state index in [1.165, 1.54) is 13.2 Å². The number of phenols is 1. The Morgan fingerprint density at radius 3 is 2.68 bits per heavy atom. The molecule has 0 spiro atoms. The van der Waals surface area contributed by atoms with Crippen molar-refractivity contribution >= 4 is 5.69 Å². The van der Waals surface area contributed by atoms with Gasteiger partial charge in [0.1, 0.15) is 5.82 Å². The maximum absolute atomic E-state index is 13.4. The summed E-state index contributed by atoms with van der Waals surface area (Å²) in [6.45, 7) is 2.11. The highest BCUT2D eigenvalue weighted by molar-refractivity contribution is 5.53. The molecular weight excluding hydrogens is 245 g/mol. The molecule has 0 atom stereocenters. The first-order valence-corrected chi connectivity index (χ1v) is 5.97. The smallest absolute Gasteiger partial charge is 0.162 e. The van der Waals surface area contributed by atoms with Crippen molar-refractivity contribution in [2.75, 3.05) is 12.4 Å². The molecule has 19 heavy (non-hydrogen) atoms. The molecule has 0 bridgehead atoms. The van der Waals surface area contributed by atoms with E-state index < -0.39 is 0 Å². The minimum absolute atomic E-state index is 0.103. The van der Waals surface area contributed by atoms with E-state index in [2.05, 4.69) is 5.32 Å². The van der Waals surface area contributed by atoms with Crippen LogP contribution in [0.2, 0.25) is 0 Å². The van der Waals surface area contributed by atoms with Crippen molar-refractivity contribution in [3.05, 3.63) is 53.3 Å². The van der Waals surface area contributed by atoms with Gasteiger partial charge in [-0.1, -0.05) is 18.2 Å². The molecule has 0 aliphatic heterocycles. The SMILES string of the molecule is COc1cccc(CNc2cccc(F)c2C)c1O. The molecular formula is C15H16FNO2. The molecule has 2 aromatic carbocycles. The number of para-hydroxylation sites is 1. The predicted molar refractivity (Wildman–Crippen MR) is 73.1 cm³/mol. The Bertz CT molecular complexity index is 584. The predicted octanol–water partition coefficient (Wildman–Crippen LogP) is 3.46. The molecule has 0 aliphatic carbocycles. The molecule has 3 nitrogen and oxygen atoms in total. The number of nitrogens with one attached hydrogen (secondary N) is 1. The number of halogens is 1. The van der Waals surface area contributed by atoms with Crippen molar-refractivity contribution in [1.82, 2.24) is 0 Å². The van der Waals surface area contributed by atoms with E-state index >= 15 is 0 Å². The monoisotopic (exact) mass is 261 g/mol. The molecule has 4 heteroatoms. The van der Waals surface area contributed by atoms with Crippen LogP contribution in [0.25, 0.3) is 0 Å². The standard InChI is InChI=1S/C15H16FNO2/c1-10-12(16)6-4-7-13(10)17-9-11-5-3-8-14(19-2)15(11)18/h3-8,17-18H,9H2,1-2H3. The molecule has 0 heterocycles. The van der Waals surface area contributed by atoms with E-state index in [0.29, 0.717) is 29.1 Å². The first-order chi connectivity index (χ1) is 9.13. The maximum atomic E-state index is 13.4. The van der Waals surface area contributed by atoms with Gasteiger partial charge in [-0.05, 0) is 25.1 Å².